The van der Waals surface area contributed by atoms with Crippen molar-refractivity contribution in [2.45, 2.75) is 19.4 Å². The lowest BCUT2D eigenvalue weighted by molar-refractivity contribution is -0.149. The molecule has 1 saturated heterocycles. The number of rotatable bonds is 3. The van der Waals surface area contributed by atoms with Gasteiger partial charge in [0.05, 0.1) is 30.3 Å². The number of likely N-dealkylation sites (tertiary alicyclic amines) is 1. The van der Waals surface area contributed by atoms with Crippen LogP contribution in [0.5, 0.6) is 0 Å². The van der Waals surface area contributed by atoms with E-state index < -0.39 is 0 Å². The molecule has 0 bridgehead atoms. The number of carbonyl (C=O) groups is 2. The van der Waals surface area contributed by atoms with Gasteiger partial charge in [-0.1, -0.05) is 12.1 Å². The lowest BCUT2D eigenvalue weighted by atomic mass is 9.97. The Balaban J connectivity index is 1.69. The van der Waals surface area contributed by atoms with E-state index in [0.717, 1.165) is 0 Å². The number of aromatic nitrogens is 2. The summed E-state index contributed by atoms with van der Waals surface area (Å²) >= 11 is 0. The first-order valence-electron chi connectivity index (χ1n) is 7.90. The summed E-state index contributed by atoms with van der Waals surface area (Å²) in [5.74, 6) is -0.515. The number of methoxy groups -OCH3 is 1. The second kappa shape index (κ2) is 6.82. The topological polar surface area (TPSA) is 81.5 Å². The first kappa shape index (κ1) is 16.2. The number of fused-ring (bicyclic) bond motifs is 1. The average molecular weight is 329 g/mol. The number of hydrogen-bond donors (Lipinski definition) is 0. The van der Waals surface area contributed by atoms with Gasteiger partial charge < -0.3 is 9.64 Å². The smallest absolute Gasteiger partial charge is 0.308 e. The summed E-state index contributed by atoms with van der Waals surface area (Å²) in [7, 11) is 1.37. The lowest BCUT2D eigenvalue weighted by Crippen LogP contribution is -2.43. The maximum atomic E-state index is 12.4. The minimum absolute atomic E-state index is 0.0421. The van der Waals surface area contributed by atoms with Crippen LogP contribution in [0, 0.1) is 5.92 Å². The highest BCUT2D eigenvalue weighted by atomic mass is 16.5. The van der Waals surface area contributed by atoms with E-state index in [0.29, 0.717) is 36.8 Å². The molecular weight excluding hydrogens is 310 g/mol. The van der Waals surface area contributed by atoms with Gasteiger partial charge in [-0.2, -0.15) is 0 Å². The Labute approximate surface area is 138 Å². The van der Waals surface area contributed by atoms with E-state index in [1.807, 2.05) is 6.07 Å². The second-order valence-electron chi connectivity index (χ2n) is 5.87. The zero-order valence-corrected chi connectivity index (χ0v) is 13.5. The zero-order valence-electron chi connectivity index (χ0n) is 13.5. The van der Waals surface area contributed by atoms with Crippen LogP contribution >= 0.6 is 0 Å². The predicted molar refractivity (Wildman–Crippen MR) is 87.3 cm³/mol. The van der Waals surface area contributed by atoms with Crippen LogP contribution in [-0.2, 0) is 20.9 Å². The number of ether oxygens (including phenoxy) is 1. The maximum absolute atomic E-state index is 12.4. The minimum Gasteiger partial charge on any atom is -0.469 e. The van der Waals surface area contributed by atoms with Crippen LogP contribution < -0.4 is 5.56 Å². The van der Waals surface area contributed by atoms with Crippen molar-refractivity contribution in [3.63, 3.8) is 0 Å². The number of benzene rings is 1. The van der Waals surface area contributed by atoms with Crippen molar-refractivity contribution in [1.29, 1.82) is 0 Å². The van der Waals surface area contributed by atoms with Crippen molar-refractivity contribution in [3.8, 4) is 0 Å². The van der Waals surface area contributed by atoms with Gasteiger partial charge in [0.1, 0.15) is 6.54 Å². The molecule has 7 nitrogen and oxygen atoms in total. The van der Waals surface area contributed by atoms with Crippen LogP contribution in [0.2, 0.25) is 0 Å². The molecule has 3 rings (SSSR count). The molecule has 7 heteroatoms. The SMILES string of the molecule is COC(=O)C1CCN(C(=O)Cn2cnc3ccccc3c2=O)CC1. The van der Waals surface area contributed by atoms with E-state index >= 15 is 0 Å². The van der Waals surface area contributed by atoms with Gasteiger partial charge >= 0.3 is 5.97 Å². The Morgan fingerprint density at radius 3 is 2.67 bits per heavy atom. The molecular formula is C17H19N3O4. The van der Waals surface area contributed by atoms with Gasteiger partial charge in [0.25, 0.3) is 5.56 Å². The molecule has 24 heavy (non-hydrogen) atoms. The van der Waals surface area contributed by atoms with Crippen molar-refractivity contribution >= 4 is 22.8 Å². The van der Waals surface area contributed by atoms with Crippen molar-refractivity contribution < 1.29 is 14.3 Å². The summed E-state index contributed by atoms with van der Waals surface area (Å²) < 4.78 is 6.07. The summed E-state index contributed by atoms with van der Waals surface area (Å²) in [4.78, 5) is 42.3. The average Bonchev–Trinajstić information content (AvgIpc) is 2.63. The van der Waals surface area contributed by atoms with Gasteiger partial charge in [0.2, 0.25) is 5.91 Å². The standard InChI is InChI=1S/C17H19N3O4/c1-24-17(23)12-6-8-19(9-7-12)15(21)10-20-11-18-14-5-3-2-4-13(14)16(20)22/h2-5,11-12H,6-10H2,1H3. The molecule has 2 aromatic rings. The Morgan fingerprint density at radius 1 is 1.25 bits per heavy atom. The fourth-order valence-corrected chi connectivity index (χ4v) is 3.00. The molecule has 1 fully saturated rings. The number of para-hydroxylation sites is 1. The van der Waals surface area contributed by atoms with Gasteiger partial charge in [-0.3, -0.25) is 19.0 Å². The molecule has 0 aliphatic carbocycles. The largest absolute Gasteiger partial charge is 0.469 e. The van der Waals surface area contributed by atoms with Gasteiger partial charge in [-0.25, -0.2) is 4.98 Å². The number of carbonyl (C=O) groups excluding carboxylic acids is 2. The van der Waals surface area contributed by atoms with Crippen LogP contribution in [0.4, 0.5) is 0 Å². The number of amides is 1. The van der Waals surface area contributed by atoms with E-state index in [-0.39, 0.29) is 29.9 Å². The van der Waals surface area contributed by atoms with E-state index in [9.17, 15) is 14.4 Å². The summed E-state index contributed by atoms with van der Waals surface area (Å²) in [6, 6.07) is 7.05. The van der Waals surface area contributed by atoms with Crippen LogP contribution in [0.1, 0.15) is 12.8 Å². The third kappa shape index (κ3) is 3.15. The van der Waals surface area contributed by atoms with Crippen LogP contribution in [0.3, 0.4) is 0 Å². The van der Waals surface area contributed by atoms with Crippen molar-refractivity contribution in [1.82, 2.24) is 14.5 Å². The normalized spacial score (nSPS) is 15.5. The molecule has 0 N–H and O–H groups in total. The molecule has 1 aromatic heterocycles. The van der Waals surface area contributed by atoms with E-state index in [1.165, 1.54) is 18.0 Å². The third-order valence-electron chi connectivity index (χ3n) is 4.42. The minimum atomic E-state index is -0.225. The number of nitrogens with zero attached hydrogens (tertiary/aromatic N) is 3. The molecule has 0 radical (unpaired) electrons. The fraction of sp³-hybridized carbons (Fsp3) is 0.412. The van der Waals surface area contributed by atoms with E-state index in [4.69, 9.17) is 4.74 Å². The fourth-order valence-electron chi connectivity index (χ4n) is 3.00. The second-order valence-corrected chi connectivity index (χ2v) is 5.87. The molecule has 126 valence electrons. The molecule has 0 unspecified atom stereocenters. The van der Waals surface area contributed by atoms with Crippen LogP contribution in [-0.4, -0.2) is 46.5 Å². The van der Waals surface area contributed by atoms with Crippen LogP contribution in [0.15, 0.2) is 35.4 Å². The Morgan fingerprint density at radius 2 is 1.96 bits per heavy atom. The van der Waals surface area contributed by atoms with Gasteiger partial charge in [-0.05, 0) is 25.0 Å². The summed E-state index contributed by atoms with van der Waals surface area (Å²) in [5.41, 5.74) is 0.392. The van der Waals surface area contributed by atoms with Gasteiger partial charge in [0.15, 0.2) is 0 Å². The van der Waals surface area contributed by atoms with E-state index in [2.05, 4.69) is 4.98 Å². The molecule has 0 saturated carbocycles. The molecule has 1 aliphatic heterocycles. The number of esters is 1. The summed E-state index contributed by atoms with van der Waals surface area (Å²) in [6.07, 6.45) is 2.58. The summed E-state index contributed by atoms with van der Waals surface area (Å²) in [6.45, 7) is 0.947. The van der Waals surface area contributed by atoms with Gasteiger partial charge in [-0.15, -0.1) is 0 Å². The molecule has 0 spiro atoms. The first-order valence-corrected chi connectivity index (χ1v) is 7.90. The summed E-state index contributed by atoms with van der Waals surface area (Å²) in [5, 5.41) is 0.497. The van der Waals surface area contributed by atoms with Crippen molar-refractivity contribution in [2.75, 3.05) is 20.2 Å². The Hall–Kier alpha value is -2.70. The number of hydrogen-bond acceptors (Lipinski definition) is 5. The molecule has 0 atom stereocenters. The molecule has 2 heterocycles. The quantitative estimate of drug-likeness (QED) is 0.778. The predicted octanol–water partition coefficient (Wildman–Crippen LogP) is 0.808. The van der Waals surface area contributed by atoms with Crippen molar-refractivity contribution in [3.05, 3.63) is 40.9 Å². The van der Waals surface area contributed by atoms with Crippen molar-refractivity contribution in [2.24, 2.45) is 5.92 Å². The first-order chi connectivity index (χ1) is 11.6. The maximum Gasteiger partial charge on any atom is 0.308 e. The molecule has 1 amide bonds. The highest BCUT2D eigenvalue weighted by Crippen LogP contribution is 2.18. The van der Waals surface area contributed by atoms with E-state index in [1.54, 1.807) is 23.1 Å². The Kier molecular flexibility index (Phi) is 4.59. The monoisotopic (exact) mass is 329 g/mol. The lowest BCUT2D eigenvalue weighted by Gasteiger charge is -2.30. The van der Waals surface area contributed by atoms with Crippen LogP contribution in [0.25, 0.3) is 10.9 Å². The highest BCUT2D eigenvalue weighted by Gasteiger charge is 2.28. The third-order valence-corrected chi connectivity index (χ3v) is 4.42. The Bertz CT molecular complexity index is 822. The molecule has 1 aliphatic rings. The van der Waals surface area contributed by atoms with Gasteiger partial charge in [0, 0.05) is 13.1 Å². The molecule has 1 aromatic carbocycles. The number of piperidine rings is 1. The highest BCUT2D eigenvalue weighted by molar-refractivity contribution is 5.79. The zero-order chi connectivity index (χ0) is 17.1.